The summed E-state index contributed by atoms with van der Waals surface area (Å²) in [5.41, 5.74) is 6.18. The van der Waals surface area contributed by atoms with Crippen LogP contribution in [0.15, 0.2) is 18.2 Å². The molecule has 2 rings (SSSR count). The molecule has 96 valence electrons. The number of halogens is 2. The van der Waals surface area contributed by atoms with E-state index in [-0.39, 0.29) is 24.1 Å². The van der Waals surface area contributed by atoms with Crippen LogP contribution in [-0.4, -0.2) is 18.3 Å². The molecule has 0 saturated heterocycles. The van der Waals surface area contributed by atoms with E-state index in [4.69, 9.17) is 10.5 Å². The largest absolute Gasteiger partial charge is 0.494 e. The summed E-state index contributed by atoms with van der Waals surface area (Å²) >= 11 is 0. The summed E-state index contributed by atoms with van der Waals surface area (Å²) in [6, 6.07) is 4.13. The van der Waals surface area contributed by atoms with Crippen LogP contribution in [0, 0.1) is 11.7 Å². The van der Waals surface area contributed by atoms with Crippen molar-refractivity contribution in [2.45, 2.75) is 25.0 Å². The summed E-state index contributed by atoms with van der Waals surface area (Å²) in [7, 11) is 1.41. The Morgan fingerprint density at radius 1 is 1.47 bits per heavy atom. The zero-order valence-electron chi connectivity index (χ0n) is 9.60. The number of methoxy groups -OCH3 is 1. The molecule has 1 aromatic carbocycles. The van der Waals surface area contributed by atoms with E-state index >= 15 is 0 Å². The van der Waals surface area contributed by atoms with Gasteiger partial charge in [-0.2, -0.15) is 0 Å². The van der Waals surface area contributed by atoms with Crippen LogP contribution in [-0.2, 0) is 0 Å². The fraction of sp³-hybridized carbons (Fsp3) is 0.500. The molecule has 1 fully saturated rings. The molecule has 0 unspecified atom stereocenters. The van der Waals surface area contributed by atoms with Gasteiger partial charge in [0.2, 0.25) is 0 Å². The number of benzene rings is 1. The molecule has 17 heavy (non-hydrogen) atoms. The predicted molar refractivity (Wildman–Crippen MR) is 65.9 cm³/mol. The van der Waals surface area contributed by atoms with E-state index < -0.39 is 18.0 Å². The summed E-state index contributed by atoms with van der Waals surface area (Å²) < 4.78 is 18.7. The van der Waals surface area contributed by atoms with Crippen molar-refractivity contribution in [1.29, 1.82) is 0 Å². The van der Waals surface area contributed by atoms with Crippen LogP contribution in [0.1, 0.15) is 24.4 Å². The third-order valence-electron chi connectivity index (χ3n) is 3.05. The van der Waals surface area contributed by atoms with Crippen LogP contribution in [0.3, 0.4) is 0 Å². The number of hydrogen-bond acceptors (Lipinski definition) is 3. The summed E-state index contributed by atoms with van der Waals surface area (Å²) in [4.78, 5) is 0. The van der Waals surface area contributed by atoms with Crippen molar-refractivity contribution in [3.63, 3.8) is 0 Å². The SMILES string of the molecule is COc1cccc([C@@H](N)[C@@H](O)C2CC2)c1F.Cl. The predicted octanol–water partition coefficient (Wildman–Crippen LogP) is 2.03. The Kier molecular flexibility index (Phi) is 4.74. The number of rotatable bonds is 4. The third kappa shape index (κ3) is 2.89. The van der Waals surface area contributed by atoms with Crippen molar-refractivity contribution in [3.8, 4) is 5.75 Å². The lowest BCUT2D eigenvalue weighted by molar-refractivity contribution is 0.120. The highest BCUT2D eigenvalue weighted by molar-refractivity contribution is 5.85. The molecule has 5 heteroatoms. The normalized spacial score (nSPS) is 18.1. The molecule has 0 amide bonds. The summed E-state index contributed by atoms with van der Waals surface area (Å²) in [6.45, 7) is 0. The second kappa shape index (κ2) is 5.67. The first-order valence-corrected chi connectivity index (χ1v) is 5.41. The topological polar surface area (TPSA) is 55.5 Å². The van der Waals surface area contributed by atoms with Crippen molar-refractivity contribution in [2.24, 2.45) is 11.7 Å². The van der Waals surface area contributed by atoms with Crippen LogP contribution in [0.4, 0.5) is 4.39 Å². The molecule has 0 bridgehead atoms. The Labute approximate surface area is 106 Å². The molecular formula is C12H17ClFNO2. The van der Waals surface area contributed by atoms with Crippen molar-refractivity contribution >= 4 is 12.4 Å². The molecule has 0 aliphatic heterocycles. The quantitative estimate of drug-likeness (QED) is 0.872. The minimum Gasteiger partial charge on any atom is -0.494 e. The molecule has 1 aromatic rings. The van der Waals surface area contributed by atoms with Crippen LogP contribution < -0.4 is 10.5 Å². The van der Waals surface area contributed by atoms with Crippen molar-refractivity contribution in [2.75, 3.05) is 7.11 Å². The highest BCUT2D eigenvalue weighted by atomic mass is 35.5. The van der Waals surface area contributed by atoms with Gasteiger partial charge in [0.25, 0.3) is 0 Å². The molecular weight excluding hydrogens is 245 g/mol. The first-order chi connectivity index (χ1) is 7.65. The first kappa shape index (κ1) is 14.2. The molecule has 0 spiro atoms. The molecule has 3 nitrogen and oxygen atoms in total. The summed E-state index contributed by atoms with van der Waals surface area (Å²) in [5, 5.41) is 9.87. The van der Waals surface area contributed by atoms with Gasteiger partial charge in [-0.1, -0.05) is 12.1 Å². The second-order valence-electron chi connectivity index (χ2n) is 4.22. The van der Waals surface area contributed by atoms with E-state index in [1.807, 2.05) is 0 Å². The molecule has 0 radical (unpaired) electrons. The minimum atomic E-state index is -0.678. The highest BCUT2D eigenvalue weighted by Crippen LogP contribution is 2.38. The molecule has 0 aromatic heterocycles. The smallest absolute Gasteiger partial charge is 0.169 e. The van der Waals surface area contributed by atoms with E-state index in [0.29, 0.717) is 5.56 Å². The van der Waals surface area contributed by atoms with Crippen LogP contribution in [0.25, 0.3) is 0 Å². The lowest BCUT2D eigenvalue weighted by Crippen LogP contribution is -2.28. The zero-order chi connectivity index (χ0) is 11.7. The van der Waals surface area contributed by atoms with E-state index in [9.17, 15) is 9.50 Å². The fourth-order valence-corrected chi connectivity index (χ4v) is 1.86. The van der Waals surface area contributed by atoms with Gasteiger partial charge in [-0.3, -0.25) is 0 Å². The van der Waals surface area contributed by atoms with Gasteiger partial charge < -0.3 is 15.6 Å². The zero-order valence-corrected chi connectivity index (χ0v) is 10.4. The van der Waals surface area contributed by atoms with Crippen LogP contribution in [0.2, 0.25) is 0 Å². The Balaban J connectivity index is 0.00000144. The third-order valence-corrected chi connectivity index (χ3v) is 3.05. The Morgan fingerprint density at radius 2 is 2.12 bits per heavy atom. The number of aliphatic hydroxyl groups is 1. The van der Waals surface area contributed by atoms with E-state index in [0.717, 1.165) is 12.8 Å². The molecule has 1 saturated carbocycles. The van der Waals surface area contributed by atoms with E-state index in [2.05, 4.69) is 0 Å². The minimum absolute atomic E-state index is 0. The van der Waals surface area contributed by atoms with Gasteiger partial charge in [0.15, 0.2) is 11.6 Å². The lowest BCUT2D eigenvalue weighted by atomic mass is 9.98. The van der Waals surface area contributed by atoms with Gasteiger partial charge in [0.1, 0.15) is 0 Å². The van der Waals surface area contributed by atoms with Gasteiger partial charge in [-0.05, 0) is 24.8 Å². The Hall–Kier alpha value is -0.840. The van der Waals surface area contributed by atoms with Crippen molar-refractivity contribution in [3.05, 3.63) is 29.6 Å². The van der Waals surface area contributed by atoms with Crippen molar-refractivity contribution in [1.82, 2.24) is 0 Å². The average molecular weight is 262 g/mol. The van der Waals surface area contributed by atoms with Gasteiger partial charge in [-0.25, -0.2) is 4.39 Å². The lowest BCUT2D eigenvalue weighted by Gasteiger charge is -2.20. The Morgan fingerprint density at radius 3 is 2.65 bits per heavy atom. The van der Waals surface area contributed by atoms with Gasteiger partial charge >= 0.3 is 0 Å². The van der Waals surface area contributed by atoms with Crippen molar-refractivity contribution < 1.29 is 14.2 Å². The second-order valence-corrected chi connectivity index (χ2v) is 4.22. The monoisotopic (exact) mass is 261 g/mol. The maximum atomic E-state index is 13.9. The molecule has 2 atom stereocenters. The molecule has 3 N–H and O–H groups in total. The number of nitrogens with two attached hydrogens (primary N) is 1. The van der Waals surface area contributed by atoms with Gasteiger partial charge in [0, 0.05) is 5.56 Å². The first-order valence-electron chi connectivity index (χ1n) is 5.41. The van der Waals surface area contributed by atoms with Gasteiger partial charge in [0.05, 0.1) is 19.3 Å². The average Bonchev–Trinajstić information content (AvgIpc) is 3.11. The fourth-order valence-electron chi connectivity index (χ4n) is 1.86. The van der Waals surface area contributed by atoms with Crippen LogP contribution >= 0.6 is 12.4 Å². The maximum Gasteiger partial charge on any atom is 0.169 e. The van der Waals surface area contributed by atoms with E-state index in [1.165, 1.54) is 13.2 Å². The Bertz CT molecular complexity index is 385. The van der Waals surface area contributed by atoms with Gasteiger partial charge in [-0.15, -0.1) is 12.4 Å². The molecule has 0 heterocycles. The number of aliphatic hydroxyl groups excluding tert-OH is 1. The van der Waals surface area contributed by atoms with E-state index in [1.54, 1.807) is 12.1 Å². The number of ether oxygens (including phenoxy) is 1. The standard InChI is InChI=1S/C12H16FNO2.ClH/c1-16-9-4-2-3-8(10(9)13)11(14)12(15)7-5-6-7;/h2-4,7,11-12,15H,5-6,14H2,1H3;1H/t11-,12+;/m1./s1. The molecule has 1 aliphatic carbocycles. The highest BCUT2D eigenvalue weighted by Gasteiger charge is 2.35. The summed E-state index contributed by atoms with van der Waals surface area (Å²) in [5.74, 6) is -0.0891. The molecule has 1 aliphatic rings. The summed E-state index contributed by atoms with van der Waals surface area (Å²) in [6.07, 6.45) is 1.28. The maximum absolute atomic E-state index is 13.9. The number of hydrogen-bond donors (Lipinski definition) is 2. The van der Waals surface area contributed by atoms with Crippen LogP contribution in [0.5, 0.6) is 5.75 Å².